The average molecular weight is 830 g/mol. The van der Waals surface area contributed by atoms with Crippen LogP contribution in [0.3, 0.4) is 0 Å². The maximum Gasteiger partial charge on any atom is 0.0462 e. The first kappa shape index (κ1) is 40.3. The predicted molar refractivity (Wildman–Crippen MR) is 240 cm³/mol. The van der Waals surface area contributed by atoms with Gasteiger partial charge < -0.3 is 4.90 Å². The zero-order valence-corrected chi connectivity index (χ0v) is 36.2. The highest BCUT2D eigenvalue weighted by molar-refractivity contribution is 9.10. The Morgan fingerprint density at radius 2 is 0.792 bits per heavy atom. The van der Waals surface area contributed by atoms with Crippen molar-refractivity contribution in [1.82, 2.24) is 0 Å². The monoisotopic (exact) mass is 827 g/mol. The summed E-state index contributed by atoms with van der Waals surface area (Å²) in [6, 6.07) is 49.4. The van der Waals surface area contributed by atoms with Gasteiger partial charge in [0.15, 0.2) is 0 Å². The SMILES string of the molecule is CC.CCc1cc(Br)ccc1-c1ccc(N(c2ccc(-c3ccc(C(C)(C)CC(C)(C)C)cc3)cc2)c2ccc(-c3ccc(Br)cc3CC)cc2)cc1. The number of hydrogen-bond acceptors (Lipinski definition) is 1. The minimum Gasteiger partial charge on any atom is -0.311 e. The highest BCUT2D eigenvalue weighted by Gasteiger charge is 2.27. The summed E-state index contributed by atoms with van der Waals surface area (Å²) in [4.78, 5) is 2.36. The Morgan fingerprint density at radius 3 is 1.13 bits per heavy atom. The molecule has 0 unspecified atom stereocenters. The van der Waals surface area contributed by atoms with Crippen LogP contribution in [0.25, 0.3) is 33.4 Å². The molecule has 0 aliphatic carbocycles. The summed E-state index contributed by atoms with van der Waals surface area (Å²) in [6.45, 7) is 20.1. The van der Waals surface area contributed by atoms with Gasteiger partial charge in [-0.25, -0.2) is 0 Å². The Balaban J connectivity index is 0.00000266. The summed E-state index contributed by atoms with van der Waals surface area (Å²) in [5.74, 6) is 0. The standard InChI is InChI=1S/C48H49Br2N.C2H6/c1-8-33-30-40(49)20-28-45(33)37-14-24-43(25-15-37)51(44-26-16-38(17-27-44)46-29-21-41(50)31-34(46)9-2)42-22-12-36(13-23-42)35-10-18-39(19-11-35)48(6,7)32-47(3,4)5;1-2/h10-31H,8-9,32H2,1-7H3;1-2H3. The van der Waals surface area contributed by atoms with Gasteiger partial charge in [0.05, 0.1) is 0 Å². The molecule has 274 valence electrons. The van der Waals surface area contributed by atoms with Gasteiger partial charge in [0, 0.05) is 26.0 Å². The first-order valence-corrected chi connectivity index (χ1v) is 20.7. The second kappa shape index (κ2) is 17.5. The quantitative estimate of drug-likeness (QED) is 0.133. The van der Waals surface area contributed by atoms with Gasteiger partial charge in [-0.05, 0) is 141 Å². The zero-order chi connectivity index (χ0) is 38.3. The van der Waals surface area contributed by atoms with Gasteiger partial charge in [-0.2, -0.15) is 0 Å². The highest BCUT2D eigenvalue weighted by Crippen LogP contribution is 2.40. The van der Waals surface area contributed by atoms with E-state index in [1.165, 1.54) is 50.1 Å². The lowest BCUT2D eigenvalue weighted by Crippen LogP contribution is -2.24. The Hall–Kier alpha value is -3.92. The van der Waals surface area contributed by atoms with Gasteiger partial charge >= 0.3 is 0 Å². The molecule has 1 nitrogen and oxygen atoms in total. The molecule has 0 saturated carbocycles. The molecule has 0 aromatic heterocycles. The lowest BCUT2D eigenvalue weighted by Gasteiger charge is -2.33. The molecule has 6 rings (SSSR count). The third-order valence-corrected chi connectivity index (χ3v) is 10.9. The van der Waals surface area contributed by atoms with Crippen LogP contribution in [-0.2, 0) is 18.3 Å². The Kier molecular flexibility index (Phi) is 13.3. The van der Waals surface area contributed by atoms with E-state index in [1.807, 2.05) is 13.8 Å². The number of halogens is 2. The minimum atomic E-state index is 0.122. The van der Waals surface area contributed by atoms with E-state index < -0.39 is 0 Å². The molecule has 6 aromatic rings. The van der Waals surface area contributed by atoms with Crippen LogP contribution in [0.15, 0.2) is 142 Å². The van der Waals surface area contributed by atoms with Crippen molar-refractivity contribution in [2.24, 2.45) is 5.41 Å². The Labute approximate surface area is 336 Å². The molecular weight excluding hydrogens is 774 g/mol. The predicted octanol–water partition coefficient (Wildman–Crippen LogP) is 16.5. The van der Waals surface area contributed by atoms with Crippen molar-refractivity contribution in [3.8, 4) is 33.4 Å². The topological polar surface area (TPSA) is 3.24 Å². The molecule has 0 aliphatic rings. The largest absolute Gasteiger partial charge is 0.311 e. The van der Waals surface area contributed by atoms with Gasteiger partial charge in [0.1, 0.15) is 0 Å². The van der Waals surface area contributed by atoms with Crippen molar-refractivity contribution in [2.75, 3.05) is 4.90 Å². The Bertz CT molecular complexity index is 1990. The molecule has 0 amide bonds. The zero-order valence-electron chi connectivity index (χ0n) is 33.0. The number of hydrogen-bond donors (Lipinski definition) is 0. The number of aryl methyl sites for hydroxylation is 2. The molecule has 0 heterocycles. The van der Waals surface area contributed by atoms with Crippen LogP contribution in [-0.4, -0.2) is 0 Å². The fraction of sp³-hybridized carbons (Fsp3) is 0.280. The maximum absolute atomic E-state index is 3.65. The van der Waals surface area contributed by atoms with Crippen LogP contribution in [0.1, 0.15) is 85.4 Å². The molecule has 0 saturated heterocycles. The molecular formula is C50H55Br2N. The normalized spacial score (nSPS) is 11.5. The van der Waals surface area contributed by atoms with Gasteiger partial charge in [-0.1, -0.05) is 167 Å². The van der Waals surface area contributed by atoms with Crippen molar-refractivity contribution < 1.29 is 0 Å². The summed E-state index contributed by atoms with van der Waals surface area (Å²) >= 11 is 7.31. The van der Waals surface area contributed by atoms with E-state index in [2.05, 4.69) is 219 Å². The van der Waals surface area contributed by atoms with Crippen LogP contribution >= 0.6 is 31.9 Å². The van der Waals surface area contributed by atoms with E-state index >= 15 is 0 Å². The van der Waals surface area contributed by atoms with Crippen LogP contribution in [0.5, 0.6) is 0 Å². The highest BCUT2D eigenvalue weighted by atomic mass is 79.9. The number of nitrogens with zero attached hydrogens (tertiary/aromatic N) is 1. The lowest BCUT2D eigenvalue weighted by atomic mass is 9.72. The fourth-order valence-corrected chi connectivity index (χ4v) is 8.46. The summed E-state index contributed by atoms with van der Waals surface area (Å²) in [5, 5.41) is 0. The van der Waals surface area contributed by atoms with E-state index in [1.54, 1.807) is 0 Å². The van der Waals surface area contributed by atoms with Crippen molar-refractivity contribution in [2.45, 2.75) is 87.0 Å². The van der Waals surface area contributed by atoms with Crippen molar-refractivity contribution >= 4 is 48.9 Å². The number of benzene rings is 6. The summed E-state index contributed by atoms with van der Waals surface area (Å²) in [5.41, 5.74) is 15.3. The average Bonchev–Trinajstić information content (AvgIpc) is 3.16. The molecule has 0 bridgehead atoms. The van der Waals surface area contributed by atoms with Crippen molar-refractivity contribution in [3.63, 3.8) is 0 Å². The van der Waals surface area contributed by atoms with Crippen LogP contribution in [0.2, 0.25) is 0 Å². The summed E-state index contributed by atoms with van der Waals surface area (Å²) in [6.07, 6.45) is 3.10. The van der Waals surface area contributed by atoms with E-state index in [0.29, 0.717) is 0 Å². The molecule has 3 heteroatoms. The Morgan fingerprint density at radius 1 is 0.453 bits per heavy atom. The van der Waals surface area contributed by atoms with E-state index in [-0.39, 0.29) is 10.8 Å². The molecule has 0 aliphatic heterocycles. The second-order valence-electron chi connectivity index (χ2n) is 15.5. The van der Waals surface area contributed by atoms with Gasteiger partial charge in [-0.15, -0.1) is 0 Å². The fourth-order valence-electron chi connectivity index (χ4n) is 7.64. The maximum atomic E-state index is 3.65. The second-order valence-corrected chi connectivity index (χ2v) is 17.3. The number of anilines is 3. The van der Waals surface area contributed by atoms with Crippen LogP contribution in [0, 0.1) is 5.41 Å². The van der Waals surface area contributed by atoms with E-state index in [0.717, 1.165) is 45.3 Å². The molecule has 0 atom stereocenters. The third-order valence-electron chi connectivity index (χ3n) is 9.87. The van der Waals surface area contributed by atoms with E-state index in [4.69, 9.17) is 0 Å². The van der Waals surface area contributed by atoms with Crippen molar-refractivity contribution in [3.05, 3.63) is 159 Å². The summed E-state index contributed by atoms with van der Waals surface area (Å²) in [7, 11) is 0. The van der Waals surface area contributed by atoms with E-state index in [9.17, 15) is 0 Å². The molecule has 0 spiro atoms. The number of rotatable bonds is 10. The minimum absolute atomic E-state index is 0.122. The first-order chi connectivity index (χ1) is 25.3. The summed E-state index contributed by atoms with van der Waals surface area (Å²) < 4.78 is 2.24. The molecule has 53 heavy (non-hydrogen) atoms. The molecule has 0 N–H and O–H groups in total. The van der Waals surface area contributed by atoms with Gasteiger partial charge in [0.2, 0.25) is 0 Å². The van der Waals surface area contributed by atoms with Gasteiger partial charge in [0.25, 0.3) is 0 Å². The lowest BCUT2D eigenvalue weighted by molar-refractivity contribution is 0.284. The third kappa shape index (κ3) is 9.80. The molecule has 0 radical (unpaired) electrons. The van der Waals surface area contributed by atoms with Crippen LogP contribution < -0.4 is 4.90 Å². The van der Waals surface area contributed by atoms with Crippen molar-refractivity contribution in [1.29, 1.82) is 0 Å². The smallest absolute Gasteiger partial charge is 0.0462 e. The first-order valence-electron chi connectivity index (χ1n) is 19.1. The van der Waals surface area contributed by atoms with Crippen LogP contribution in [0.4, 0.5) is 17.1 Å². The van der Waals surface area contributed by atoms with Gasteiger partial charge in [-0.3, -0.25) is 0 Å². The molecule has 6 aromatic carbocycles. The molecule has 0 fully saturated rings.